The molecule has 2 aromatic heterocycles. The van der Waals surface area contributed by atoms with E-state index in [-0.39, 0.29) is 0 Å². The maximum Gasteiger partial charge on any atom is 0.144 e. The number of para-hydroxylation sites is 1. The number of aromatic nitrogens is 2. The Morgan fingerprint density at radius 2 is 1.53 bits per heavy atom. The molecule has 0 bridgehead atoms. The van der Waals surface area contributed by atoms with Gasteiger partial charge in [0.15, 0.2) is 0 Å². The van der Waals surface area contributed by atoms with E-state index in [0.717, 1.165) is 35.4 Å². The molecule has 3 nitrogen and oxygen atoms in total. The van der Waals surface area contributed by atoms with E-state index < -0.39 is 0 Å². The number of furan rings is 1. The smallest absolute Gasteiger partial charge is 0.144 e. The monoisotopic (exact) mass is 422 g/mol. The second kappa shape index (κ2) is 8.31. The molecule has 2 heterocycles. The summed E-state index contributed by atoms with van der Waals surface area (Å²) < 4.78 is 8.76. The molecular weight excluding hydrogens is 392 g/mol. The van der Waals surface area contributed by atoms with Gasteiger partial charge in [-0.05, 0) is 47.9 Å². The van der Waals surface area contributed by atoms with E-state index in [1.165, 1.54) is 27.6 Å². The van der Waals surface area contributed by atoms with Gasteiger partial charge in [0.05, 0.1) is 11.1 Å². The quantitative estimate of drug-likeness (QED) is 0.279. The normalized spacial score (nSPS) is 11.9. The SMILES string of the molecule is CC(C)Cc1cc(CC(C)C)c2oc3ccccc3c2c1-n1ccnc1-c1ccccc1. The molecule has 0 aliphatic rings. The van der Waals surface area contributed by atoms with E-state index in [4.69, 9.17) is 9.40 Å². The predicted octanol–water partition coefficient (Wildman–Crippen LogP) is 7.84. The van der Waals surface area contributed by atoms with Crippen molar-refractivity contribution in [3.8, 4) is 17.1 Å². The molecule has 0 fully saturated rings. The number of fused-ring (bicyclic) bond motifs is 3. The first-order chi connectivity index (χ1) is 15.5. The van der Waals surface area contributed by atoms with Crippen LogP contribution in [0.3, 0.4) is 0 Å². The number of nitrogens with zero attached hydrogens (tertiary/aromatic N) is 2. The van der Waals surface area contributed by atoms with Gasteiger partial charge in [-0.2, -0.15) is 0 Å². The molecule has 0 atom stereocenters. The Morgan fingerprint density at radius 1 is 0.844 bits per heavy atom. The van der Waals surface area contributed by atoms with Crippen LogP contribution >= 0.6 is 0 Å². The summed E-state index contributed by atoms with van der Waals surface area (Å²) in [7, 11) is 0. The third-order valence-corrected chi connectivity index (χ3v) is 5.95. The zero-order valence-corrected chi connectivity index (χ0v) is 19.3. The summed E-state index contributed by atoms with van der Waals surface area (Å²) >= 11 is 0. The number of imidazole rings is 1. The zero-order valence-electron chi connectivity index (χ0n) is 19.3. The van der Waals surface area contributed by atoms with Gasteiger partial charge in [-0.3, -0.25) is 4.57 Å². The van der Waals surface area contributed by atoms with Crippen LogP contribution in [0.15, 0.2) is 77.5 Å². The summed E-state index contributed by atoms with van der Waals surface area (Å²) in [5.74, 6) is 2.05. The van der Waals surface area contributed by atoms with Gasteiger partial charge in [-0.1, -0.05) is 76.2 Å². The second-order valence-electron chi connectivity index (χ2n) is 9.53. The third kappa shape index (κ3) is 3.62. The molecule has 0 unspecified atom stereocenters. The van der Waals surface area contributed by atoms with Crippen LogP contribution < -0.4 is 0 Å². The molecular formula is C29H30N2O. The van der Waals surface area contributed by atoms with Crippen molar-refractivity contribution < 1.29 is 4.42 Å². The molecule has 0 amide bonds. The highest BCUT2D eigenvalue weighted by Crippen LogP contribution is 2.40. The van der Waals surface area contributed by atoms with Crippen molar-refractivity contribution in [2.24, 2.45) is 11.8 Å². The molecule has 5 rings (SSSR count). The minimum Gasteiger partial charge on any atom is -0.456 e. The van der Waals surface area contributed by atoms with E-state index in [9.17, 15) is 0 Å². The third-order valence-electron chi connectivity index (χ3n) is 5.95. The second-order valence-corrected chi connectivity index (χ2v) is 9.53. The molecule has 0 spiro atoms. The van der Waals surface area contributed by atoms with Crippen LogP contribution in [0.5, 0.6) is 0 Å². The molecule has 0 N–H and O–H groups in total. The lowest BCUT2D eigenvalue weighted by Crippen LogP contribution is -2.07. The van der Waals surface area contributed by atoms with Gasteiger partial charge in [-0.15, -0.1) is 0 Å². The number of hydrogen-bond acceptors (Lipinski definition) is 2. The van der Waals surface area contributed by atoms with Gasteiger partial charge < -0.3 is 4.42 Å². The van der Waals surface area contributed by atoms with Gasteiger partial charge in [-0.25, -0.2) is 4.98 Å². The molecule has 0 aliphatic heterocycles. The summed E-state index contributed by atoms with van der Waals surface area (Å²) in [4.78, 5) is 4.76. The largest absolute Gasteiger partial charge is 0.456 e. The fourth-order valence-corrected chi connectivity index (χ4v) is 4.76. The van der Waals surface area contributed by atoms with Gasteiger partial charge in [0.2, 0.25) is 0 Å². The van der Waals surface area contributed by atoms with E-state index in [1.807, 2.05) is 18.3 Å². The van der Waals surface area contributed by atoms with Crippen LogP contribution in [0.1, 0.15) is 38.8 Å². The average Bonchev–Trinajstić information content (AvgIpc) is 3.39. The first-order valence-corrected chi connectivity index (χ1v) is 11.6. The van der Waals surface area contributed by atoms with Crippen LogP contribution in [0.4, 0.5) is 0 Å². The Kier molecular flexibility index (Phi) is 5.34. The Hall–Kier alpha value is -3.33. The summed E-state index contributed by atoms with van der Waals surface area (Å²) in [6.07, 6.45) is 5.99. The van der Waals surface area contributed by atoms with E-state index >= 15 is 0 Å². The molecule has 5 aromatic rings. The minimum absolute atomic E-state index is 0.542. The van der Waals surface area contributed by atoms with E-state index in [2.05, 4.69) is 87.0 Å². The summed E-state index contributed by atoms with van der Waals surface area (Å²) in [5, 5.41) is 2.37. The van der Waals surface area contributed by atoms with Gasteiger partial charge in [0.1, 0.15) is 17.0 Å². The van der Waals surface area contributed by atoms with E-state index in [0.29, 0.717) is 11.8 Å². The van der Waals surface area contributed by atoms with Crippen LogP contribution in [-0.2, 0) is 12.8 Å². The van der Waals surface area contributed by atoms with Crippen molar-refractivity contribution in [1.82, 2.24) is 9.55 Å². The maximum absolute atomic E-state index is 6.49. The minimum atomic E-state index is 0.542. The zero-order chi connectivity index (χ0) is 22.2. The summed E-state index contributed by atoms with van der Waals surface area (Å²) in [5.41, 5.74) is 6.91. The Bertz CT molecular complexity index is 1370. The fraction of sp³-hybridized carbons (Fsp3) is 0.276. The highest BCUT2D eigenvalue weighted by molar-refractivity contribution is 6.11. The molecule has 3 heteroatoms. The Morgan fingerprint density at radius 3 is 2.28 bits per heavy atom. The Labute approximate surface area is 189 Å². The Balaban J connectivity index is 1.89. The van der Waals surface area contributed by atoms with Gasteiger partial charge >= 0.3 is 0 Å². The van der Waals surface area contributed by atoms with Crippen LogP contribution in [0, 0.1) is 11.8 Å². The molecule has 32 heavy (non-hydrogen) atoms. The molecule has 0 saturated carbocycles. The average molecular weight is 423 g/mol. The predicted molar refractivity (Wildman–Crippen MR) is 133 cm³/mol. The van der Waals surface area contributed by atoms with Gasteiger partial charge in [0.25, 0.3) is 0 Å². The lowest BCUT2D eigenvalue weighted by molar-refractivity contribution is 0.618. The standard InChI is InChI=1S/C29H30N2O/c1-19(2)16-22-18-23(17-20(3)4)28-26(24-12-8-9-13-25(24)32-28)27(22)31-15-14-30-29(31)21-10-6-5-7-11-21/h5-15,18-20H,16-17H2,1-4H3. The molecule has 162 valence electrons. The van der Waals surface area contributed by atoms with Crippen LogP contribution in [0.25, 0.3) is 39.0 Å². The lowest BCUT2D eigenvalue weighted by Gasteiger charge is -2.19. The number of hydrogen-bond donors (Lipinski definition) is 0. The highest BCUT2D eigenvalue weighted by atomic mass is 16.3. The van der Waals surface area contributed by atoms with Crippen LogP contribution in [0.2, 0.25) is 0 Å². The highest BCUT2D eigenvalue weighted by Gasteiger charge is 2.22. The first-order valence-electron chi connectivity index (χ1n) is 11.6. The van der Waals surface area contributed by atoms with Crippen molar-refractivity contribution in [3.05, 3.63) is 84.2 Å². The molecule has 0 radical (unpaired) electrons. The topological polar surface area (TPSA) is 31.0 Å². The van der Waals surface area contributed by atoms with Crippen molar-refractivity contribution in [3.63, 3.8) is 0 Å². The van der Waals surface area contributed by atoms with Gasteiger partial charge in [0, 0.05) is 23.3 Å². The van der Waals surface area contributed by atoms with Crippen molar-refractivity contribution >= 4 is 21.9 Å². The number of rotatable bonds is 6. The fourth-order valence-electron chi connectivity index (χ4n) is 4.76. The van der Waals surface area contributed by atoms with Crippen LogP contribution in [-0.4, -0.2) is 9.55 Å². The van der Waals surface area contributed by atoms with Crippen molar-refractivity contribution in [2.45, 2.75) is 40.5 Å². The summed E-state index contributed by atoms with van der Waals surface area (Å²) in [6.45, 7) is 9.12. The van der Waals surface area contributed by atoms with Crippen molar-refractivity contribution in [1.29, 1.82) is 0 Å². The first kappa shape index (κ1) is 20.6. The molecule has 3 aromatic carbocycles. The summed E-state index contributed by atoms with van der Waals surface area (Å²) in [6, 6.07) is 21.2. The lowest BCUT2D eigenvalue weighted by atomic mass is 9.92. The molecule has 0 aliphatic carbocycles. The maximum atomic E-state index is 6.49. The molecule has 0 saturated heterocycles. The van der Waals surface area contributed by atoms with E-state index in [1.54, 1.807) is 0 Å². The number of benzene rings is 3. The van der Waals surface area contributed by atoms with Crippen molar-refractivity contribution in [2.75, 3.05) is 0 Å².